The van der Waals surface area contributed by atoms with E-state index in [-0.39, 0.29) is 27.9 Å². The quantitative estimate of drug-likeness (QED) is 0.747. The molecule has 1 saturated heterocycles. The van der Waals surface area contributed by atoms with Crippen LogP contribution in [0.3, 0.4) is 0 Å². The zero-order chi connectivity index (χ0) is 16.4. The molecule has 1 aliphatic heterocycles. The Balaban J connectivity index is 1.67. The summed E-state index contributed by atoms with van der Waals surface area (Å²) in [5, 5.41) is 10.6. The molecule has 3 saturated carbocycles. The number of allylic oxidation sites excluding steroid dienone is 1. The van der Waals surface area contributed by atoms with Crippen molar-refractivity contribution in [1.29, 1.82) is 0 Å². The minimum absolute atomic E-state index is 0.00451. The van der Waals surface area contributed by atoms with Crippen LogP contribution in [0.25, 0.3) is 0 Å². The number of ketones is 1. The largest absolute Gasteiger partial charge is 0.393 e. The predicted octanol–water partition coefficient (Wildman–Crippen LogP) is 3.11. The monoisotopic (exact) mass is 316 g/mol. The van der Waals surface area contributed by atoms with Crippen molar-refractivity contribution in [2.24, 2.45) is 34.0 Å². The van der Waals surface area contributed by atoms with Gasteiger partial charge in [-0.3, -0.25) is 4.79 Å². The summed E-state index contributed by atoms with van der Waals surface area (Å²) in [4.78, 5) is 12.9. The summed E-state index contributed by atoms with van der Waals surface area (Å²) in [5.74, 6) is 1.61. The van der Waals surface area contributed by atoms with Gasteiger partial charge in [0.1, 0.15) is 0 Å². The summed E-state index contributed by atoms with van der Waals surface area (Å²) in [7, 11) is 0. The first-order valence-corrected chi connectivity index (χ1v) is 9.28. The zero-order valence-electron chi connectivity index (χ0n) is 14.7. The third-order valence-electron chi connectivity index (χ3n) is 8.88. The third-order valence-corrected chi connectivity index (χ3v) is 8.88. The van der Waals surface area contributed by atoms with Crippen LogP contribution in [0.1, 0.15) is 53.4 Å². The SMILES string of the molecule is CC1(C)[C@H](O)CC[C@@]2(C)C3=CC(=O)[C@]4(C)C5CO[C@@]3(CC[C@H]12)[C@@H]54. The van der Waals surface area contributed by atoms with E-state index in [0.717, 1.165) is 32.3 Å². The summed E-state index contributed by atoms with van der Waals surface area (Å²) < 4.78 is 6.42. The summed E-state index contributed by atoms with van der Waals surface area (Å²) in [6, 6.07) is 0. The second kappa shape index (κ2) is 3.77. The first kappa shape index (κ1) is 14.7. The number of hydrogen-bond donors (Lipinski definition) is 1. The van der Waals surface area contributed by atoms with Gasteiger partial charge in [-0.15, -0.1) is 0 Å². The van der Waals surface area contributed by atoms with Crippen molar-refractivity contribution in [2.45, 2.75) is 65.1 Å². The standard InChI is InChI=1S/C20H28O3/c1-17(2)12-5-8-20-13(18(12,3)7-6-14(17)21)9-15(22)19(4)11(10-23-20)16(19)20/h9,11-12,14,16,21H,5-8,10H2,1-4H3/t11?,12-,14-,16+,18-,19+,20-/m1/s1. The van der Waals surface area contributed by atoms with E-state index in [1.807, 2.05) is 6.08 Å². The average molecular weight is 316 g/mol. The Morgan fingerprint density at radius 1 is 1.17 bits per heavy atom. The highest BCUT2D eigenvalue weighted by atomic mass is 16.5. The van der Waals surface area contributed by atoms with Gasteiger partial charge in [-0.25, -0.2) is 0 Å². The van der Waals surface area contributed by atoms with E-state index in [0.29, 0.717) is 23.5 Å². The number of hydrogen-bond acceptors (Lipinski definition) is 3. The molecular formula is C20H28O3. The second-order valence-corrected chi connectivity index (χ2v) is 9.87. The lowest BCUT2D eigenvalue weighted by Crippen LogP contribution is -2.60. The van der Waals surface area contributed by atoms with Crippen LogP contribution in [0.5, 0.6) is 0 Å². The first-order chi connectivity index (χ1) is 10.7. The number of aliphatic hydroxyl groups is 1. The molecule has 1 unspecified atom stereocenters. The normalized spacial score (nSPS) is 58.8. The van der Waals surface area contributed by atoms with Crippen LogP contribution in [0.2, 0.25) is 0 Å². The van der Waals surface area contributed by atoms with Gasteiger partial charge >= 0.3 is 0 Å². The molecule has 3 heteroatoms. The molecule has 0 bridgehead atoms. The van der Waals surface area contributed by atoms with Crippen LogP contribution in [0.4, 0.5) is 0 Å². The first-order valence-electron chi connectivity index (χ1n) is 9.28. The second-order valence-electron chi connectivity index (χ2n) is 9.87. The molecule has 1 heterocycles. The van der Waals surface area contributed by atoms with Gasteiger partial charge in [-0.1, -0.05) is 27.7 Å². The Hall–Kier alpha value is -0.670. The van der Waals surface area contributed by atoms with Crippen LogP contribution in [0.15, 0.2) is 11.6 Å². The van der Waals surface area contributed by atoms with Gasteiger partial charge in [0.15, 0.2) is 5.78 Å². The van der Waals surface area contributed by atoms with Crippen molar-refractivity contribution in [1.82, 2.24) is 0 Å². The van der Waals surface area contributed by atoms with Gasteiger partial charge in [0, 0.05) is 17.3 Å². The van der Waals surface area contributed by atoms with Crippen molar-refractivity contribution in [3.8, 4) is 0 Å². The lowest BCUT2D eigenvalue weighted by atomic mass is 9.45. The van der Waals surface area contributed by atoms with E-state index < -0.39 is 0 Å². The minimum Gasteiger partial charge on any atom is -0.393 e. The lowest BCUT2D eigenvalue weighted by molar-refractivity contribution is -0.148. The maximum atomic E-state index is 12.9. The maximum absolute atomic E-state index is 12.9. The number of carbonyl (C=O) groups excluding carboxylic acids is 1. The number of aliphatic hydroxyl groups excluding tert-OH is 1. The van der Waals surface area contributed by atoms with Gasteiger partial charge in [0.05, 0.1) is 18.3 Å². The van der Waals surface area contributed by atoms with Crippen molar-refractivity contribution >= 4 is 5.78 Å². The van der Waals surface area contributed by atoms with Gasteiger partial charge in [0.25, 0.3) is 0 Å². The van der Waals surface area contributed by atoms with Crippen molar-refractivity contribution in [2.75, 3.05) is 6.61 Å². The van der Waals surface area contributed by atoms with Crippen LogP contribution >= 0.6 is 0 Å². The van der Waals surface area contributed by atoms with Crippen LogP contribution < -0.4 is 0 Å². The van der Waals surface area contributed by atoms with Crippen LogP contribution in [0, 0.1) is 34.0 Å². The zero-order valence-corrected chi connectivity index (χ0v) is 14.7. The summed E-state index contributed by atoms with van der Waals surface area (Å²) in [6.45, 7) is 9.68. The molecule has 0 aromatic rings. The van der Waals surface area contributed by atoms with E-state index >= 15 is 0 Å². The molecule has 23 heavy (non-hydrogen) atoms. The van der Waals surface area contributed by atoms with Gasteiger partial charge < -0.3 is 9.84 Å². The van der Waals surface area contributed by atoms with Crippen molar-refractivity contribution < 1.29 is 14.6 Å². The Morgan fingerprint density at radius 2 is 1.91 bits per heavy atom. The fraction of sp³-hybridized carbons (Fsp3) is 0.850. The molecule has 7 atom stereocenters. The van der Waals surface area contributed by atoms with E-state index in [4.69, 9.17) is 4.74 Å². The van der Waals surface area contributed by atoms with Gasteiger partial charge in [-0.2, -0.15) is 0 Å². The summed E-state index contributed by atoms with van der Waals surface area (Å²) in [6.07, 6.45) is 5.67. The average Bonchev–Trinajstić information content (AvgIpc) is 2.92. The molecule has 3 nitrogen and oxygen atoms in total. The molecule has 1 N–H and O–H groups in total. The predicted molar refractivity (Wildman–Crippen MR) is 86.7 cm³/mol. The number of carbonyl (C=O) groups is 1. The van der Waals surface area contributed by atoms with Crippen molar-refractivity contribution in [3.05, 3.63) is 11.6 Å². The molecule has 5 aliphatic rings. The Labute approximate surface area is 138 Å². The Kier molecular flexibility index (Phi) is 2.40. The molecule has 4 aliphatic carbocycles. The highest BCUT2D eigenvalue weighted by Gasteiger charge is 2.81. The fourth-order valence-electron chi connectivity index (χ4n) is 7.42. The molecule has 5 rings (SSSR count). The van der Waals surface area contributed by atoms with Crippen molar-refractivity contribution in [3.63, 3.8) is 0 Å². The molecule has 4 fully saturated rings. The fourth-order valence-corrected chi connectivity index (χ4v) is 7.42. The molecule has 1 spiro atoms. The Morgan fingerprint density at radius 3 is 2.65 bits per heavy atom. The molecule has 0 aromatic carbocycles. The van der Waals surface area contributed by atoms with E-state index in [1.54, 1.807) is 0 Å². The molecule has 0 aromatic heterocycles. The maximum Gasteiger partial charge on any atom is 0.162 e. The van der Waals surface area contributed by atoms with Gasteiger partial charge in [-0.05, 0) is 54.1 Å². The van der Waals surface area contributed by atoms with Gasteiger partial charge in [0.2, 0.25) is 0 Å². The Bertz CT molecular complexity index is 649. The smallest absolute Gasteiger partial charge is 0.162 e. The topological polar surface area (TPSA) is 46.5 Å². The molecule has 0 radical (unpaired) electrons. The number of ether oxygens (including phenoxy) is 1. The highest BCUT2D eigenvalue weighted by molar-refractivity contribution is 6.01. The number of rotatable bonds is 0. The lowest BCUT2D eigenvalue weighted by Gasteiger charge is -2.61. The van der Waals surface area contributed by atoms with Crippen LogP contribution in [-0.2, 0) is 9.53 Å². The van der Waals surface area contributed by atoms with E-state index in [2.05, 4.69) is 27.7 Å². The molecule has 126 valence electrons. The van der Waals surface area contributed by atoms with E-state index in [9.17, 15) is 9.90 Å². The minimum atomic E-state index is -0.238. The van der Waals surface area contributed by atoms with Crippen LogP contribution in [-0.4, -0.2) is 29.2 Å². The summed E-state index contributed by atoms with van der Waals surface area (Å²) in [5.41, 5.74) is 0.871. The summed E-state index contributed by atoms with van der Waals surface area (Å²) >= 11 is 0. The molecule has 0 amide bonds. The third kappa shape index (κ3) is 1.33. The number of fused-ring (bicyclic) bond motifs is 3. The molecular weight excluding hydrogens is 288 g/mol. The van der Waals surface area contributed by atoms with E-state index in [1.165, 1.54) is 5.57 Å². The highest BCUT2D eigenvalue weighted by Crippen LogP contribution is 2.78.